The van der Waals surface area contributed by atoms with Crippen LogP contribution in [0.25, 0.3) is 22.5 Å². The highest BCUT2D eigenvalue weighted by Crippen LogP contribution is 2.45. The minimum absolute atomic E-state index is 0.178. The van der Waals surface area contributed by atoms with Crippen LogP contribution in [0, 0.1) is 0 Å². The van der Waals surface area contributed by atoms with Gasteiger partial charge in [0.05, 0.1) is 17.7 Å². The third-order valence-corrected chi connectivity index (χ3v) is 8.06. The summed E-state index contributed by atoms with van der Waals surface area (Å²) in [5, 5.41) is 14.6. The zero-order valence-corrected chi connectivity index (χ0v) is 25.0. The number of hydrogen-bond acceptors (Lipinski definition) is 6. The van der Waals surface area contributed by atoms with E-state index >= 15 is 0 Å². The SMILES string of the molecule is CC(C)c1cc(-c2onc(CO)c2-c2ccc3c(c2)CCN(C)C3)c(OCc2ccccc2)cc1OCc1ccccc1. The van der Waals surface area contributed by atoms with Gasteiger partial charge < -0.3 is 24.0 Å². The van der Waals surface area contributed by atoms with Crippen molar-refractivity contribution >= 4 is 0 Å². The molecule has 6 nitrogen and oxygen atoms in total. The summed E-state index contributed by atoms with van der Waals surface area (Å²) in [5.74, 6) is 2.17. The maximum absolute atomic E-state index is 10.3. The topological polar surface area (TPSA) is 68.0 Å². The van der Waals surface area contributed by atoms with Crippen LogP contribution in [0.5, 0.6) is 11.5 Å². The van der Waals surface area contributed by atoms with E-state index in [4.69, 9.17) is 14.0 Å². The Morgan fingerprint density at radius 2 is 1.51 bits per heavy atom. The molecule has 0 bridgehead atoms. The molecule has 43 heavy (non-hydrogen) atoms. The maximum Gasteiger partial charge on any atom is 0.178 e. The lowest BCUT2D eigenvalue weighted by Crippen LogP contribution is -2.26. The van der Waals surface area contributed by atoms with Gasteiger partial charge in [0.2, 0.25) is 0 Å². The van der Waals surface area contributed by atoms with Crippen LogP contribution in [0.3, 0.4) is 0 Å². The van der Waals surface area contributed by atoms with Gasteiger partial charge in [0, 0.05) is 19.2 Å². The molecule has 0 saturated heterocycles. The Kier molecular flexibility index (Phi) is 8.59. The highest BCUT2D eigenvalue weighted by atomic mass is 16.5. The van der Waals surface area contributed by atoms with Crippen LogP contribution in [0.2, 0.25) is 0 Å². The summed E-state index contributed by atoms with van der Waals surface area (Å²) in [6.45, 7) is 6.85. The minimum Gasteiger partial charge on any atom is -0.488 e. The summed E-state index contributed by atoms with van der Waals surface area (Å²) in [6, 6.07) is 30.9. The second-order valence-electron chi connectivity index (χ2n) is 11.6. The van der Waals surface area contributed by atoms with Crippen LogP contribution in [0.15, 0.2) is 95.5 Å². The molecule has 0 saturated carbocycles. The first-order valence-corrected chi connectivity index (χ1v) is 14.9. The quantitative estimate of drug-likeness (QED) is 0.184. The second kappa shape index (κ2) is 12.9. The van der Waals surface area contributed by atoms with Gasteiger partial charge in [-0.3, -0.25) is 0 Å². The summed E-state index contributed by atoms with van der Waals surface area (Å²) in [4.78, 5) is 2.33. The molecule has 0 unspecified atom stereocenters. The number of nitrogens with zero attached hydrogens (tertiary/aromatic N) is 2. The average molecular weight is 575 g/mol. The molecular weight excluding hydrogens is 536 g/mol. The third-order valence-electron chi connectivity index (χ3n) is 8.06. The number of aliphatic hydroxyl groups is 1. The highest BCUT2D eigenvalue weighted by molar-refractivity contribution is 5.85. The number of ether oxygens (including phenoxy) is 2. The van der Waals surface area contributed by atoms with Gasteiger partial charge in [-0.1, -0.05) is 97.9 Å². The largest absolute Gasteiger partial charge is 0.488 e. The molecule has 2 heterocycles. The number of benzene rings is 4. The van der Waals surface area contributed by atoms with Gasteiger partial charge in [0.25, 0.3) is 0 Å². The van der Waals surface area contributed by atoms with E-state index in [9.17, 15) is 5.11 Å². The summed E-state index contributed by atoms with van der Waals surface area (Å²) in [7, 11) is 2.15. The summed E-state index contributed by atoms with van der Waals surface area (Å²) < 4.78 is 19.0. The van der Waals surface area contributed by atoms with E-state index in [1.54, 1.807) is 0 Å². The summed E-state index contributed by atoms with van der Waals surface area (Å²) in [6.07, 6.45) is 0.977. The van der Waals surface area contributed by atoms with Crippen LogP contribution in [-0.4, -0.2) is 28.8 Å². The molecule has 5 aromatic rings. The Labute approximate surface area is 253 Å². The lowest BCUT2D eigenvalue weighted by molar-refractivity contribution is 0.267. The van der Waals surface area contributed by atoms with Gasteiger partial charge in [-0.2, -0.15) is 0 Å². The van der Waals surface area contributed by atoms with Crippen molar-refractivity contribution in [3.63, 3.8) is 0 Å². The summed E-state index contributed by atoms with van der Waals surface area (Å²) >= 11 is 0. The highest BCUT2D eigenvalue weighted by Gasteiger charge is 2.26. The first-order valence-electron chi connectivity index (χ1n) is 14.9. The van der Waals surface area contributed by atoms with E-state index in [2.05, 4.69) is 67.3 Å². The molecule has 0 spiro atoms. The average Bonchev–Trinajstić information content (AvgIpc) is 3.47. The number of aromatic nitrogens is 1. The Hall–Kier alpha value is -4.39. The number of aliphatic hydroxyl groups excluding tert-OH is 1. The van der Waals surface area contributed by atoms with Crippen molar-refractivity contribution in [3.05, 3.63) is 125 Å². The van der Waals surface area contributed by atoms with Crippen molar-refractivity contribution in [1.82, 2.24) is 10.1 Å². The molecule has 1 aliphatic heterocycles. The number of rotatable bonds is 10. The van der Waals surface area contributed by atoms with E-state index in [0.717, 1.165) is 58.6 Å². The van der Waals surface area contributed by atoms with E-state index in [1.807, 2.05) is 54.6 Å². The van der Waals surface area contributed by atoms with Crippen LogP contribution >= 0.6 is 0 Å². The Balaban J connectivity index is 1.45. The minimum atomic E-state index is -0.228. The first-order chi connectivity index (χ1) is 21.0. The van der Waals surface area contributed by atoms with Crippen LogP contribution in [0.4, 0.5) is 0 Å². The van der Waals surface area contributed by atoms with Gasteiger partial charge in [0.1, 0.15) is 30.4 Å². The van der Waals surface area contributed by atoms with Gasteiger partial charge in [-0.25, -0.2) is 0 Å². The van der Waals surface area contributed by atoms with E-state index in [1.165, 1.54) is 11.1 Å². The van der Waals surface area contributed by atoms with Crippen LogP contribution in [-0.2, 0) is 32.8 Å². The van der Waals surface area contributed by atoms with E-state index in [0.29, 0.717) is 30.4 Å². The summed E-state index contributed by atoms with van der Waals surface area (Å²) in [5.41, 5.74) is 8.90. The van der Waals surface area contributed by atoms with Gasteiger partial charge >= 0.3 is 0 Å². The third kappa shape index (κ3) is 6.36. The van der Waals surface area contributed by atoms with Crippen molar-refractivity contribution in [2.24, 2.45) is 0 Å². The normalized spacial score (nSPS) is 13.2. The molecule has 0 fully saturated rings. The fraction of sp³-hybridized carbons (Fsp3) is 0.270. The van der Waals surface area contributed by atoms with Crippen molar-refractivity contribution in [2.45, 2.75) is 52.6 Å². The van der Waals surface area contributed by atoms with Gasteiger partial charge in [-0.05, 0) is 58.8 Å². The molecule has 6 heteroatoms. The molecule has 1 N–H and O–H groups in total. The predicted molar refractivity (Wildman–Crippen MR) is 169 cm³/mol. The molecule has 4 aromatic carbocycles. The molecular formula is C37H38N2O4. The molecule has 0 radical (unpaired) electrons. The molecule has 220 valence electrons. The van der Waals surface area contributed by atoms with Crippen molar-refractivity contribution in [3.8, 4) is 33.9 Å². The Morgan fingerprint density at radius 1 is 0.837 bits per heavy atom. The second-order valence-corrected chi connectivity index (χ2v) is 11.6. The molecule has 0 aliphatic carbocycles. The molecule has 1 aliphatic rings. The predicted octanol–water partition coefficient (Wildman–Crippen LogP) is 7.77. The van der Waals surface area contributed by atoms with Crippen molar-refractivity contribution < 1.29 is 19.1 Å². The Morgan fingerprint density at radius 3 is 2.16 bits per heavy atom. The zero-order chi connectivity index (χ0) is 29.8. The van der Waals surface area contributed by atoms with Crippen LogP contribution in [0.1, 0.15) is 53.3 Å². The van der Waals surface area contributed by atoms with Crippen molar-refractivity contribution in [1.29, 1.82) is 0 Å². The fourth-order valence-electron chi connectivity index (χ4n) is 5.68. The zero-order valence-electron chi connectivity index (χ0n) is 25.0. The molecule has 6 rings (SSSR count). The molecule has 0 atom stereocenters. The smallest absolute Gasteiger partial charge is 0.178 e. The lowest BCUT2D eigenvalue weighted by Gasteiger charge is -2.25. The lowest BCUT2D eigenvalue weighted by atomic mass is 9.91. The van der Waals surface area contributed by atoms with E-state index in [-0.39, 0.29) is 12.5 Å². The number of likely N-dealkylation sites (N-methyl/N-ethyl adjacent to an activating group) is 1. The molecule has 1 aromatic heterocycles. The Bertz CT molecular complexity index is 1680. The fourth-order valence-corrected chi connectivity index (χ4v) is 5.68. The van der Waals surface area contributed by atoms with Crippen LogP contribution < -0.4 is 9.47 Å². The van der Waals surface area contributed by atoms with Crippen molar-refractivity contribution in [2.75, 3.05) is 13.6 Å². The van der Waals surface area contributed by atoms with Gasteiger partial charge in [-0.15, -0.1) is 0 Å². The number of hydrogen-bond donors (Lipinski definition) is 1. The van der Waals surface area contributed by atoms with E-state index < -0.39 is 0 Å². The molecule has 0 amide bonds. The van der Waals surface area contributed by atoms with Gasteiger partial charge in [0.15, 0.2) is 5.76 Å². The standard InChI is InChI=1S/C37H38N2O4/c1-25(2)31-19-32(37-36(33(22-40)38-43-37)29-14-15-30-21-39(3)17-16-28(30)18-29)35(42-24-27-12-8-5-9-13-27)20-34(31)41-23-26-10-6-4-7-11-26/h4-15,18-20,25,40H,16-17,21-24H2,1-3H3. The first kappa shape index (κ1) is 28.7. The number of fused-ring (bicyclic) bond motifs is 1. The maximum atomic E-state index is 10.3. The monoisotopic (exact) mass is 574 g/mol.